The molecule has 0 unspecified atom stereocenters. The molecule has 4 nitrogen and oxygen atoms in total. The van der Waals surface area contributed by atoms with Gasteiger partial charge in [0.15, 0.2) is 0 Å². The Balaban J connectivity index is 2.39. The molecule has 18 heavy (non-hydrogen) atoms. The minimum Gasteiger partial charge on any atom is -0.316 e. The summed E-state index contributed by atoms with van der Waals surface area (Å²) >= 11 is 12.0. The highest BCUT2D eigenvalue weighted by atomic mass is 35.5. The van der Waals surface area contributed by atoms with Crippen LogP contribution in [-0.2, 0) is 16.6 Å². The van der Waals surface area contributed by atoms with Crippen molar-refractivity contribution in [2.24, 2.45) is 0 Å². The summed E-state index contributed by atoms with van der Waals surface area (Å²) in [5.74, 6) is 0. The first-order valence-electron chi connectivity index (χ1n) is 5.59. The van der Waals surface area contributed by atoms with E-state index in [-0.39, 0.29) is 16.0 Å². The molecule has 7 heteroatoms. The second kappa shape index (κ2) is 5.35. The SMILES string of the molecule is CNCc1cc(S(=O)(=O)NC2CC2)c(Cl)cc1Cl. The fourth-order valence-electron chi connectivity index (χ4n) is 1.59. The first-order chi connectivity index (χ1) is 8.44. The maximum atomic E-state index is 12.1. The van der Waals surface area contributed by atoms with E-state index in [1.807, 2.05) is 0 Å². The molecule has 0 saturated heterocycles. The molecule has 0 heterocycles. The fourth-order valence-corrected chi connectivity index (χ4v) is 3.76. The van der Waals surface area contributed by atoms with Crippen LogP contribution in [0.1, 0.15) is 18.4 Å². The molecule has 100 valence electrons. The molecule has 1 aliphatic rings. The lowest BCUT2D eigenvalue weighted by Gasteiger charge is -2.11. The number of nitrogens with one attached hydrogen (secondary N) is 2. The Morgan fingerprint density at radius 1 is 1.28 bits per heavy atom. The minimum absolute atomic E-state index is 0.0505. The first-order valence-corrected chi connectivity index (χ1v) is 7.83. The second-order valence-corrected chi connectivity index (χ2v) is 6.80. The minimum atomic E-state index is -3.55. The van der Waals surface area contributed by atoms with Crippen LogP contribution in [0.15, 0.2) is 17.0 Å². The van der Waals surface area contributed by atoms with Crippen LogP contribution >= 0.6 is 23.2 Å². The van der Waals surface area contributed by atoms with Gasteiger partial charge >= 0.3 is 0 Å². The Bertz CT molecular complexity index is 556. The van der Waals surface area contributed by atoms with Gasteiger partial charge < -0.3 is 5.32 Å². The van der Waals surface area contributed by atoms with Crippen molar-refractivity contribution in [1.29, 1.82) is 0 Å². The van der Waals surface area contributed by atoms with E-state index >= 15 is 0 Å². The van der Waals surface area contributed by atoms with Gasteiger partial charge in [-0.2, -0.15) is 0 Å². The molecule has 0 atom stereocenters. The zero-order valence-electron chi connectivity index (χ0n) is 9.83. The summed E-state index contributed by atoms with van der Waals surface area (Å²) < 4.78 is 26.8. The smallest absolute Gasteiger partial charge is 0.242 e. The zero-order valence-corrected chi connectivity index (χ0v) is 12.2. The summed E-state index contributed by atoms with van der Waals surface area (Å²) in [5.41, 5.74) is 0.708. The molecule has 1 aromatic carbocycles. The highest BCUT2D eigenvalue weighted by Gasteiger charge is 2.29. The number of hydrogen-bond acceptors (Lipinski definition) is 3. The molecule has 1 saturated carbocycles. The Hall–Kier alpha value is -0.330. The lowest BCUT2D eigenvalue weighted by molar-refractivity contribution is 0.581. The largest absolute Gasteiger partial charge is 0.316 e. The maximum Gasteiger partial charge on any atom is 0.242 e. The molecule has 1 fully saturated rings. The normalized spacial score (nSPS) is 15.9. The summed E-state index contributed by atoms with van der Waals surface area (Å²) in [6, 6.07) is 3.04. The van der Waals surface area contributed by atoms with E-state index in [1.165, 1.54) is 12.1 Å². The molecule has 0 aromatic heterocycles. The van der Waals surface area contributed by atoms with Crippen molar-refractivity contribution < 1.29 is 8.42 Å². The van der Waals surface area contributed by atoms with Crippen LogP contribution in [0.3, 0.4) is 0 Å². The molecule has 1 aliphatic carbocycles. The van der Waals surface area contributed by atoms with Crippen LogP contribution in [0.2, 0.25) is 10.0 Å². The molecular weight excluding hydrogens is 295 g/mol. The average molecular weight is 309 g/mol. The van der Waals surface area contributed by atoms with Crippen LogP contribution in [-0.4, -0.2) is 21.5 Å². The topological polar surface area (TPSA) is 58.2 Å². The Morgan fingerprint density at radius 2 is 1.94 bits per heavy atom. The predicted octanol–water partition coefficient (Wildman–Crippen LogP) is 2.15. The quantitative estimate of drug-likeness (QED) is 0.876. The number of rotatable bonds is 5. The van der Waals surface area contributed by atoms with E-state index in [2.05, 4.69) is 10.0 Å². The van der Waals surface area contributed by atoms with Gasteiger partial charge in [0.1, 0.15) is 4.90 Å². The van der Waals surface area contributed by atoms with E-state index in [1.54, 1.807) is 7.05 Å². The Labute approximate surface area is 117 Å². The third-order valence-electron chi connectivity index (χ3n) is 2.66. The maximum absolute atomic E-state index is 12.1. The number of hydrogen-bond donors (Lipinski definition) is 2. The summed E-state index contributed by atoms with van der Waals surface area (Å²) in [5, 5.41) is 3.54. The molecule has 2 N–H and O–H groups in total. The highest BCUT2D eigenvalue weighted by Crippen LogP contribution is 2.30. The zero-order chi connectivity index (χ0) is 13.3. The Morgan fingerprint density at radius 3 is 2.50 bits per heavy atom. The predicted molar refractivity (Wildman–Crippen MR) is 72.6 cm³/mol. The molecule has 1 aromatic rings. The number of sulfonamides is 1. The molecule has 0 amide bonds. The van der Waals surface area contributed by atoms with Crippen molar-refractivity contribution in [3.63, 3.8) is 0 Å². The van der Waals surface area contributed by atoms with E-state index in [0.29, 0.717) is 17.1 Å². The van der Waals surface area contributed by atoms with Gasteiger partial charge in [-0.3, -0.25) is 0 Å². The van der Waals surface area contributed by atoms with Gasteiger partial charge in [0.05, 0.1) is 5.02 Å². The van der Waals surface area contributed by atoms with Crippen molar-refractivity contribution in [2.75, 3.05) is 7.05 Å². The van der Waals surface area contributed by atoms with E-state index < -0.39 is 10.0 Å². The molecule has 0 bridgehead atoms. The van der Waals surface area contributed by atoms with Crippen LogP contribution in [0, 0.1) is 0 Å². The molecule has 0 spiro atoms. The lowest BCUT2D eigenvalue weighted by atomic mass is 10.2. The molecular formula is C11H14Cl2N2O2S. The molecule has 0 aliphatic heterocycles. The van der Waals surface area contributed by atoms with Crippen molar-refractivity contribution in [2.45, 2.75) is 30.3 Å². The molecule has 0 radical (unpaired) electrons. The standard InChI is InChI=1S/C11H14Cl2N2O2S/c1-14-6-7-4-11(10(13)5-9(7)12)18(16,17)15-8-2-3-8/h4-5,8,14-15H,2-3,6H2,1H3. The third-order valence-corrected chi connectivity index (χ3v) is 4.99. The average Bonchev–Trinajstić information content (AvgIpc) is 3.05. The fraction of sp³-hybridized carbons (Fsp3) is 0.455. The summed E-state index contributed by atoms with van der Waals surface area (Å²) in [4.78, 5) is 0.0886. The van der Waals surface area contributed by atoms with Gasteiger partial charge in [0, 0.05) is 17.6 Å². The van der Waals surface area contributed by atoms with Crippen LogP contribution < -0.4 is 10.0 Å². The van der Waals surface area contributed by atoms with Gasteiger partial charge in [0.2, 0.25) is 10.0 Å². The van der Waals surface area contributed by atoms with Crippen LogP contribution in [0.5, 0.6) is 0 Å². The van der Waals surface area contributed by atoms with Gasteiger partial charge in [-0.15, -0.1) is 0 Å². The van der Waals surface area contributed by atoms with Gasteiger partial charge in [0.25, 0.3) is 0 Å². The van der Waals surface area contributed by atoms with E-state index in [4.69, 9.17) is 23.2 Å². The molecule has 2 rings (SSSR count). The summed E-state index contributed by atoms with van der Waals surface area (Å²) in [6.45, 7) is 0.488. The van der Waals surface area contributed by atoms with Crippen LogP contribution in [0.25, 0.3) is 0 Å². The first kappa shape index (κ1) is 14.1. The van der Waals surface area contributed by atoms with Crippen molar-refractivity contribution in [1.82, 2.24) is 10.0 Å². The second-order valence-electron chi connectivity index (χ2n) is 4.30. The summed E-state index contributed by atoms with van der Waals surface area (Å²) in [6.07, 6.45) is 1.77. The number of halogens is 2. The van der Waals surface area contributed by atoms with E-state index in [9.17, 15) is 8.42 Å². The van der Waals surface area contributed by atoms with Crippen molar-refractivity contribution >= 4 is 33.2 Å². The third kappa shape index (κ3) is 3.16. The number of benzene rings is 1. The monoisotopic (exact) mass is 308 g/mol. The van der Waals surface area contributed by atoms with Crippen LogP contribution in [0.4, 0.5) is 0 Å². The lowest BCUT2D eigenvalue weighted by Crippen LogP contribution is -2.26. The summed E-state index contributed by atoms with van der Waals surface area (Å²) in [7, 11) is -1.79. The highest BCUT2D eigenvalue weighted by molar-refractivity contribution is 7.89. The van der Waals surface area contributed by atoms with Crippen molar-refractivity contribution in [3.05, 3.63) is 27.7 Å². The van der Waals surface area contributed by atoms with Gasteiger partial charge in [-0.05, 0) is 37.6 Å². The van der Waals surface area contributed by atoms with Crippen molar-refractivity contribution in [3.8, 4) is 0 Å². The Kier molecular flexibility index (Phi) is 4.18. The van der Waals surface area contributed by atoms with E-state index in [0.717, 1.165) is 12.8 Å². The van der Waals surface area contributed by atoms with Gasteiger partial charge in [-0.1, -0.05) is 23.2 Å². The van der Waals surface area contributed by atoms with Gasteiger partial charge in [-0.25, -0.2) is 13.1 Å².